The molecule has 0 aromatic rings. The van der Waals surface area contributed by atoms with E-state index in [-0.39, 0.29) is 0 Å². The summed E-state index contributed by atoms with van der Waals surface area (Å²) < 4.78 is 0. The minimum Gasteiger partial charge on any atom is -0.120 e. The third-order valence-electron chi connectivity index (χ3n) is 3.78. The average molecular weight is 208 g/mol. The molecule has 0 N–H and O–H groups in total. The van der Waals surface area contributed by atoms with Gasteiger partial charge in [0.2, 0.25) is 0 Å². The van der Waals surface area contributed by atoms with Crippen LogP contribution in [-0.2, 0) is 0 Å². The van der Waals surface area contributed by atoms with Gasteiger partial charge in [-0.05, 0) is 36.0 Å². The zero-order valence-corrected chi connectivity index (χ0v) is 11.4. The summed E-state index contributed by atoms with van der Waals surface area (Å²) in [4.78, 5) is 0. The van der Waals surface area contributed by atoms with Crippen molar-refractivity contribution < 1.29 is 0 Å². The highest BCUT2D eigenvalue weighted by Crippen LogP contribution is 2.32. The van der Waals surface area contributed by atoms with Crippen LogP contribution in [0.4, 0.5) is 0 Å². The normalized spacial score (nSPS) is 17.5. The summed E-state index contributed by atoms with van der Waals surface area (Å²) in [7, 11) is 0. The van der Waals surface area contributed by atoms with Gasteiger partial charge in [-0.25, -0.2) is 0 Å². The van der Waals surface area contributed by atoms with E-state index in [1.54, 1.807) is 0 Å². The lowest BCUT2D eigenvalue weighted by molar-refractivity contribution is 0.191. The molecule has 0 radical (unpaired) electrons. The Balaban J connectivity index is 4.41. The van der Waals surface area contributed by atoms with Gasteiger partial charge in [-0.1, -0.05) is 41.5 Å². The van der Waals surface area contributed by atoms with Gasteiger partial charge in [-0.3, -0.25) is 0 Å². The molecule has 0 nitrogen and oxygen atoms in total. The molecule has 0 spiro atoms. The first-order valence-electron chi connectivity index (χ1n) is 6.33. The van der Waals surface area contributed by atoms with Crippen LogP contribution in [0.2, 0.25) is 0 Å². The zero-order valence-electron chi connectivity index (χ0n) is 11.4. The Bertz CT molecular complexity index is 195. The molecule has 15 heavy (non-hydrogen) atoms. The lowest BCUT2D eigenvalue weighted by atomic mass is 9.74. The van der Waals surface area contributed by atoms with E-state index in [1.807, 2.05) is 0 Å². The SMILES string of the molecule is C#CCC(CC(C)C)C(C)C(C)C(C)C. The summed E-state index contributed by atoms with van der Waals surface area (Å²) in [5.41, 5.74) is 0. The van der Waals surface area contributed by atoms with Gasteiger partial charge >= 0.3 is 0 Å². The van der Waals surface area contributed by atoms with E-state index in [9.17, 15) is 0 Å². The van der Waals surface area contributed by atoms with E-state index < -0.39 is 0 Å². The molecule has 0 fully saturated rings. The Hall–Kier alpha value is -0.440. The third kappa shape index (κ3) is 5.26. The van der Waals surface area contributed by atoms with Gasteiger partial charge in [0.15, 0.2) is 0 Å². The van der Waals surface area contributed by atoms with Gasteiger partial charge in [-0.2, -0.15) is 0 Å². The molecule has 0 amide bonds. The minimum atomic E-state index is 0.701. The fourth-order valence-electron chi connectivity index (χ4n) is 2.28. The highest BCUT2D eigenvalue weighted by Gasteiger charge is 2.24. The Morgan fingerprint density at radius 2 is 1.47 bits per heavy atom. The molecule has 0 aromatic heterocycles. The van der Waals surface area contributed by atoms with Crippen LogP contribution < -0.4 is 0 Å². The van der Waals surface area contributed by atoms with Crippen molar-refractivity contribution in [1.29, 1.82) is 0 Å². The lowest BCUT2D eigenvalue weighted by Crippen LogP contribution is -2.23. The fraction of sp³-hybridized carbons (Fsp3) is 0.867. The van der Waals surface area contributed by atoms with Crippen molar-refractivity contribution in [1.82, 2.24) is 0 Å². The first-order chi connectivity index (χ1) is 6.90. The molecular formula is C15H28. The first kappa shape index (κ1) is 14.6. The van der Waals surface area contributed by atoms with Crippen molar-refractivity contribution in [3.8, 4) is 12.3 Å². The van der Waals surface area contributed by atoms with Gasteiger partial charge in [0, 0.05) is 6.42 Å². The molecule has 3 unspecified atom stereocenters. The third-order valence-corrected chi connectivity index (χ3v) is 3.78. The van der Waals surface area contributed by atoms with E-state index in [0.29, 0.717) is 5.92 Å². The molecule has 3 atom stereocenters. The van der Waals surface area contributed by atoms with Crippen molar-refractivity contribution in [2.75, 3.05) is 0 Å². The molecule has 88 valence electrons. The molecule has 0 saturated carbocycles. The smallest absolute Gasteiger partial charge is 0.0117 e. The Morgan fingerprint density at radius 1 is 0.933 bits per heavy atom. The first-order valence-corrected chi connectivity index (χ1v) is 6.33. The molecule has 0 aromatic carbocycles. The van der Waals surface area contributed by atoms with Crippen LogP contribution in [0.25, 0.3) is 0 Å². The van der Waals surface area contributed by atoms with Gasteiger partial charge in [0.05, 0.1) is 0 Å². The van der Waals surface area contributed by atoms with Gasteiger partial charge in [0.1, 0.15) is 0 Å². The molecule has 0 heterocycles. The maximum absolute atomic E-state index is 5.47. The van der Waals surface area contributed by atoms with Crippen LogP contribution >= 0.6 is 0 Å². The quantitative estimate of drug-likeness (QED) is 0.560. The second-order valence-electron chi connectivity index (χ2n) is 5.76. The van der Waals surface area contributed by atoms with E-state index in [1.165, 1.54) is 6.42 Å². The van der Waals surface area contributed by atoms with Crippen LogP contribution in [-0.4, -0.2) is 0 Å². The van der Waals surface area contributed by atoms with Gasteiger partial charge in [0.25, 0.3) is 0 Å². The molecule has 0 aliphatic heterocycles. The van der Waals surface area contributed by atoms with Gasteiger partial charge < -0.3 is 0 Å². The maximum Gasteiger partial charge on any atom is 0.0117 e. The topological polar surface area (TPSA) is 0 Å². The van der Waals surface area contributed by atoms with Crippen molar-refractivity contribution in [2.45, 2.75) is 54.4 Å². The summed E-state index contributed by atoms with van der Waals surface area (Å²) in [6.07, 6.45) is 7.68. The predicted octanol–water partition coefficient (Wildman–Crippen LogP) is 4.60. The number of hydrogen-bond acceptors (Lipinski definition) is 0. The van der Waals surface area contributed by atoms with E-state index in [4.69, 9.17) is 6.42 Å². The second-order valence-corrected chi connectivity index (χ2v) is 5.76. The summed E-state index contributed by atoms with van der Waals surface area (Å²) in [6, 6.07) is 0. The molecular weight excluding hydrogens is 180 g/mol. The van der Waals surface area contributed by atoms with E-state index >= 15 is 0 Å². The molecule has 0 saturated heterocycles. The lowest BCUT2D eigenvalue weighted by Gasteiger charge is -2.31. The minimum absolute atomic E-state index is 0.701. The zero-order chi connectivity index (χ0) is 12.0. The molecule has 0 rings (SSSR count). The van der Waals surface area contributed by atoms with E-state index in [0.717, 1.165) is 30.1 Å². The molecule has 0 heteroatoms. The summed E-state index contributed by atoms with van der Waals surface area (Å²) in [5, 5.41) is 0. The molecule has 0 bridgehead atoms. The van der Waals surface area contributed by atoms with E-state index in [2.05, 4.69) is 47.5 Å². The summed E-state index contributed by atoms with van der Waals surface area (Å²) >= 11 is 0. The van der Waals surface area contributed by atoms with Crippen molar-refractivity contribution >= 4 is 0 Å². The highest BCUT2D eigenvalue weighted by molar-refractivity contribution is 4.89. The van der Waals surface area contributed by atoms with Crippen LogP contribution in [0.3, 0.4) is 0 Å². The molecule has 0 aliphatic rings. The number of terminal acetylenes is 1. The van der Waals surface area contributed by atoms with Crippen LogP contribution in [0.1, 0.15) is 54.4 Å². The summed E-state index contributed by atoms with van der Waals surface area (Å²) in [6.45, 7) is 13.9. The Labute approximate surface area is 96.8 Å². The number of rotatable bonds is 6. The fourth-order valence-corrected chi connectivity index (χ4v) is 2.28. The monoisotopic (exact) mass is 208 g/mol. The Kier molecular flexibility index (Phi) is 6.73. The highest BCUT2D eigenvalue weighted by atomic mass is 14.3. The second kappa shape index (κ2) is 6.94. The van der Waals surface area contributed by atoms with Crippen LogP contribution in [0, 0.1) is 41.9 Å². The van der Waals surface area contributed by atoms with Crippen LogP contribution in [0.5, 0.6) is 0 Å². The van der Waals surface area contributed by atoms with Crippen molar-refractivity contribution in [3.05, 3.63) is 0 Å². The summed E-state index contributed by atoms with van der Waals surface area (Å²) in [5.74, 6) is 6.57. The van der Waals surface area contributed by atoms with Gasteiger partial charge in [-0.15, -0.1) is 12.3 Å². The van der Waals surface area contributed by atoms with Crippen LogP contribution in [0.15, 0.2) is 0 Å². The Morgan fingerprint density at radius 3 is 1.80 bits per heavy atom. The number of hydrogen-bond donors (Lipinski definition) is 0. The van der Waals surface area contributed by atoms with Crippen molar-refractivity contribution in [3.63, 3.8) is 0 Å². The maximum atomic E-state index is 5.47. The molecule has 0 aliphatic carbocycles. The largest absolute Gasteiger partial charge is 0.120 e. The van der Waals surface area contributed by atoms with Crippen molar-refractivity contribution in [2.24, 2.45) is 29.6 Å². The standard InChI is InChI=1S/C15H28/c1-8-9-15(10-11(2)3)14(7)13(6)12(4)5/h1,11-15H,9-10H2,2-7H3. The predicted molar refractivity (Wildman–Crippen MR) is 69.6 cm³/mol. The average Bonchev–Trinajstić information content (AvgIpc) is 2.14.